The van der Waals surface area contributed by atoms with Crippen LogP contribution < -0.4 is 10.8 Å². The van der Waals surface area contributed by atoms with Crippen LogP contribution in [0.15, 0.2) is 23.4 Å². The lowest BCUT2D eigenvalue weighted by Crippen LogP contribution is -2.69. The molecule has 2 atom stereocenters. The van der Waals surface area contributed by atoms with Gasteiger partial charge in [0.1, 0.15) is 18.0 Å². The van der Waals surface area contributed by atoms with Crippen LogP contribution in [0.1, 0.15) is 32.1 Å². The minimum absolute atomic E-state index is 0.0101. The molecule has 2 N–H and O–H groups in total. The number of aliphatic carboxylic acids is 1. The molecule has 0 bridgehead atoms. The third-order valence-electron chi connectivity index (χ3n) is 5.79. The van der Waals surface area contributed by atoms with Gasteiger partial charge < -0.3 is 15.6 Å². The molecule has 8 heteroatoms. The van der Waals surface area contributed by atoms with E-state index in [9.17, 15) is 14.7 Å². The minimum Gasteiger partial charge on any atom is -0.543 e. The van der Waals surface area contributed by atoms with Crippen LogP contribution in [0.5, 0.6) is 0 Å². The Morgan fingerprint density at radius 3 is 2.93 bits per heavy atom. The van der Waals surface area contributed by atoms with E-state index in [4.69, 9.17) is 5.73 Å². The van der Waals surface area contributed by atoms with Crippen LogP contribution in [-0.2, 0) is 9.59 Å². The Labute approximate surface area is 163 Å². The second-order valence-corrected chi connectivity index (χ2v) is 8.62. The fraction of sp³-hybridized carbons (Fsp3) is 0.632. The highest BCUT2D eigenvalue weighted by Gasteiger charge is 2.49. The van der Waals surface area contributed by atoms with Crippen molar-refractivity contribution in [3.63, 3.8) is 0 Å². The molecule has 4 aliphatic rings. The second-order valence-electron chi connectivity index (χ2n) is 7.51. The highest BCUT2D eigenvalue weighted by molar-refractivity contribution is 8.00. The quantitative estimate of drug-likeness (QED) is 0.513. The van der Waals surface area contributed by atoms with Crippen LogP contribution in [0.25, 0.3) is 0 Å². The molecule has 0 aliphatic carbocycles. The summed E-state index contributed by atoms with van der Waals surface area (Å²) in [6.45, 7) is 4.09. The van der Waals surface area contributed by atoms with E-state index in [1.807, 2.05) is 12.2 Å². The van der Waals surface area contributed by atoms with E-state index in [2.05, 4.69) is 9.48 Å². The molecule has 4 aliphatic heterocycles. The molecule has 0 unspecified atom stereocenters. The molecule has 0 aromatic rings. The summed E-state index contributed by atoms with van der Waals surface area (Å²) in [4.78, 5) is 27.3. The summed E-state index contributed by atoms with van der Waals surface area (Å²) < 4.78 is 2.51. The molecule has 0 aromatic heterocycles. The van der Waals surface area contributed by atoms with Gasteiger partial charge in [0.05, 0.1) is 31.3 Å². The number of carbonyl (C=O) groups excluding carboxylic acids is 2. The number of hydrogen-bond donors (Lipinski definition) is 1. The first kappa shape index (κ1) is 18.6. The zero-order valence-electron chi connectivity index (χ0n) is 15.4. The molecule has 4 heterocycles. The first-order valence-electron chi connectivity index (χ1n) is 9.75. The van der Waals surface area contributed by atoms with Crippen molar-refractivity contribution in [2.24, 2.45) is 5.73 Å². The van der Waals surface area contributed by atoms with E-state index in [-0.39, 0.29) is 17.0 Å². The monoisotopic (exact) mass is 390 g/mol. The zero-order chi connectivity index (χ0) is 19.0. The zero-order valence-corrected chi connectivity index (χ0v) is 16.2. The van der Waals surface area contributed by atoms with Crippen molar-refractivity contribution in [2.75, 3.05) is 31.9 Å². The minimum atomic E-state index is -1.30. The summed E-state index contributed by atoms with van der Waals surface area (Å²) in [6.07, 6.45) is 9.93. The average molecular weight is 391 g/mol. The maximum absolute atomic E-state index is 12.0. The first-order valence-corrected chi connectivity index (χ1v) is 10.8. The molecule has 146 valence electrons. The SMILES string of the molecule is N[C@@H]1C(=O)N2C(C(=O)[O-])=C(/C=C/CN3CCC[N+]4=C3CCCCC4)CS[C@H]12. The van der Waals surface area contributed by atoms with Gasteiger partial charge in [0.2, 0.25) is 11.7 Å². The van der Waals surface area contributed by atoms with E-state index in [0.29, 0.717) is 11.3 Å². The third-order valence-corrected chi connectivity index (χ3v) is 7.11. The van der Waals surface area contributed by atoms with Crippen LogP contribution in [0.2, 0.25) is 0 Å². The number of carboxylic acid groups (broad SMARTS) is 1. The van der Waals surface area contributed by atoms with E-state index in [1.54, 1.807) is 0 Å². The summed E-state index contributed by atoms with van der Waals surface area (Å²) in [5.74, 6) is 0.324. The van der Waals surface area contributed by atoms with E-state index >= 15 is 0 Å². The van der Waals surface area contributed by atoms with E-state index < -0.39 is 12.0 Å². The standard InChI is InChI=1S/C19H26N4O3S/c20-15-17(24)23-16(19(25)26)13(12-27-18(15)23)6-4-9-22-11-5-10-21-8-3-1-2-7-14(21)22/h4,6,15,18H,1-3,5,7-12,20H2/b6-4+/t15-,18-/m1/s1. The highest BCUT2D eigenvalue weighted by atomic mass is 32.2. The van der Waals surface area contributed by atoms with Gasteiger partial charge >= 0.3 is 0 Å². The van der Waals surface area contributed by atoms with Crippen molar-refractivity contribution in [1.82, 2.24) is 9.80 Å². The molecule has 27 heavy (non-hydrogen) atoms. The molecule has 0 aromatic carbocycles. The van der Waals surface area contributed by atoms with Gasteiger partial charge in [-0.15, -0.1) is 11.8 Å². The Bertz CT molecular complexity index is 745. The summed E-state index contributed by atoms with van der Waals surface area (Å²) in [5, 5.41) is 11.4. The van der Waals surface area contributed by atoms with Gasteiger partial charge in [-0.05, 0) is 30.9 Å². The number of thioether (sulfide) groups is 1. The molecule has 1 fully saturated rings. The Morgan fingerprint density at radius 1 is 1.30 bits per heavy atom. The van der Waals surface area contributed by atoms with Crippen LogP contribution in [0.4, 0.5) is 0 Å². The van der Waals surface area contributed by atoms with E-state index in [1.165, 1.54) is 41.8 Å². The molecule has 7 nitrogen and oxygen atoms in total. The summed E-state index contributed by atoms with van der Waals surface area (Å²) >= 11 is 1.51. The lowest BCUT2D eigenvalue weighted by molar-refractivity contribution is -0.538. The van der Waals surface area contributed by atoms with Crippen molar-refractivity contribution in [1.29, 1.82) is 0 Å². The lowest BCUT2D eigenvalue weighted by atomic mass is 10.0. The summed E-state index contributed by atoms with van der Waals surface area (Å²) in [5.41, 5.74) is 6.40. The fourth-order valence-corrected chi connectivity index (χ4v) is 5.67. The van der Waals surface area contributed by atoms with Gasteiger partial charge in [0.25, 0.3) is 0 Å². The van der Waals surface area contributed by atoms with Crippen molar-refractivity contribution >= 4 is 29.5 Å². The van der Waals surface area contributed by atoms with Gasteiger partial charge in [-0.1, -0.05) is 6.08 Å². The second kappa shape index (κ2) is 7.67. The number of carboxylic acids is 1. The molecule has 0 saturated carbocycles. The van der Waals surface area contributed by atoms with Crippen LogP contribution in [-0.4, -0.2) is 75.4 Å². The first-order chi connectivity index (χ1) is 13.1. The summed E-state index contributed by atoms with van der Waals surface area (Å²) in [6, 6.07) is -0.610. The van der Waals surface area contributed by atoms with Crippen molar-refractivity contribution < 1.29 is 19.3 Å². The molecule has 4 rings (SSSR count). The van der Waals surface area contributed by atoms with Crippen molar-refractivity contribution in [3.8, 4) is 0 Å². The molecule has 0 radical (unpaired) electrons. The van der Waals surface area contributed by atoms with Gasteiger partial charge in [-0.3, -0.25) is 19.2 Å². The number of fused-ring (bicyclic) bond motifs is 1. The molecular weight excluding hydrogens is 364 g/mol. The fourth-order valence-electron chi connectivity index (χ4n) is 4.41. The van der Waals surface area contributed by atoms with Crippen molar-refractivity contribution in [2.45, 2.75) is 43.5 Å². The number of carbonyl (C=O) groups is 2. The smallest absolute Gasteiger partial charge is 0.248 e. The van der Waals surface area contributed by atoms with Crippen molar-refractivity contribution in [3.05, 3.63) is 23.4 Å². The molecular formula is C19H26N4O3S. The number of nitrogens with zero attached hydrogens (tertiary/aromatic N) is 3. The highest BCUT2D eigenvalue weighted by Crippen LogP contribution is 2.39. The largest absolute Gasteiger partial charge is 0.543 e. The molecule has 1 saturated heterocycles. The Morgan fingerprint density at radius 2 is 2.11 bits per heavy atom. The number of hydrogen-bond acceptors (Lipinski definition) is 6. The normalized spacial score (nSPS) is 28.9. The van der Waals surface area contributed by atoms with Crippen LogP contribution in [0.3, 0.4) is 0 Å². The summed E-state index contributed by atoms with van der Waals surface area (Å²) in [7, 11) is 0. The number of nitrogens with two attached hydrogens (primary N) is 1. The van der Waals surface area contributed by atoms with Gasteiger partial charge in [-0.25, -0.2) is 0 Å². The van der Waals surface area contributed by atoms with E-state index in [0.717, 1.165) is 39.0 Å². The number of amides is 1. The number of rotatable bonds is 4. The lowest BCUT2D eigenvalue weighted by Gasteiger charge is -2.49. The predicted octanol–water partition coefficient (Wildman–Crippen LogP) is -0.520. The predicted molar refractivity (Wildman–Crippen MR) is 102 cm³/mol. The number of β-lactam (4-membered cyclic amide) rings is 1. The molecule has 0 spiro atoms. The van der Waals surface area contributed by atoms with Crippen LogP contribution >= 0.6 is 11.8 Å². The average Bonchev–Trinajstić information content (AvgIpc) is 2.92. The Kier molecular flexibility index (Phi) is 5.27. The maximum atomic E-state index is 12.0. The maximum Gasteiger partial charge on any atom is 0.248 e. The Balaban J connectivity index is 1.50. The topological polar surface area (TPSA) is 92.7 Å². The molecule has 1 amide bonds. The number of allylic oxidation sites excluding steroid dienone is 1. The van der Waals surface area contributed by atoms with Gasteiger partial charge in [0, 0.05) is 18.6 Å². The van der Waals surface area contributed by atoms with Gasteiger partial charge in [-0.2, -0.15) is 0 Å². The van der Waals surface area contributed by atoms with Crippen LogP contribution in [0, 0.1) is 0 Å². The Hall–Kier alpha value is -1.80. The van der Waals surface area contributed by atoms with Gasteiger partial charge in [0.15, 0.2) is 0 Å². The third kappa shape index (κ3) is 3.40. The number of amidine groups is 1.